The van der Waals surface area contributed by atoms with Gasteiger partial charge < -0.3 is 15.4 Å². The van der Waals surface area contributed by atoms with Gasteiger partial charge in [0.05, 0.1) is 6.61 Å². The number of fused-ring (bicyclic) bond motifs is 1. The van der Waals surface area contributed by atoms with Crippen molar-refractivity contribution >= 4 is 0 Å². The van der Waals surface area contributed by atoms with E-state index in [1.165, 1.54) is 30.4 Å². The highest BCUT2D eigenvalue weighted by atomic mass is 16.5. The second-order valence-electron chi connectivity index (χ2n) is 6.25. The van der Waals surface area contributed by atoms with E-state index in [0.29, 0.717) is 6.04 Å². The first kappa shape index (κ1) is 12.9. The van der Waals surface area contributed by atoms with Crippen LogP contribution in [0.5, 0.6) is 5.75 Å². The van der Waals surface area contributed by atoms with Crippen molar-refractivity contribution in [1.29, 1.82) is 0 Å². The van der Waals surface area contributed by atoms with Gasteiger partial charge in [-0.15, -0.1) is 0 Å². The molecule has 0 saturated heterocycles. The summed E-state index contributed by atoms with van der Waals surface area (Å²) in [6.45, 7) is 1.61. The molecular weight excluding hydrogens is 236 g/mol. The fraction of sp³-hybridized carbons (Fsp3) is 0.625. The molecule has 1 aromatic rings. The third-order valence-corrected chi connectivity index (χ3v) is 4.88. The molecular formula is C16H24N2O. The average molecular weight is 260 g/mol. The van der Waals surface area contributed by atoms with Crippen molar-refractivity contribution in [2.24, 2.45) is 11.1 Å². The zero-order chi connectivity index (χ0) is 13.5. The summed E-state index contributed by atoms with van der Waals surface area (Å²) in [6, 6.07) is 7.13. The van der Waals surface area contributed by atoms with Gasteiger partial charge in [-0.25, -0.2) is 0 Å². The number of hydrogen-bond acceptors (Lipinski definition) is 3. The van der Waals surface area contributed by atoms with Gasteiger partial charge >= 0.3 is 0 Å². The standard InChI is InChI=1S/C16H24N2O/c1-18(2)15(16(11-17)7-3-8-16)13-4-5-14-12(10-13)6-9-19-14/h4-5,10,15H,3,6-9,11,17H2,1-2H3. The Morgan fingerprint density at radius 2 is 2.16 bits per heavy atom. The molecule has 3 nitrogen and oxygen atoms in total. The quantitative estimate of drug-likeness (QED) is 0.903. The fourth-order valence-electron chi connectivity index (χ4n) is 3.80. The third-order valence-electron chi connectivity index (χ3n) is 4.88. The van der Waals surface area contributed by atoms with E-state index < -0.39 is 0 Å². The molecule has 1 aliphatic carbocycles. The fourth-order valence-corrected chi connectivity index (χ4v) is 3.80. The summed E-state index contributed by atoms with van der Waals surface area (Å²) in [5.74, 6) is 1.07. The molecule has 3 rings (SSSR count). The molecule has 0 radical (unpaired) electrons. The van der Waals surface area contributed by atoms with Crippen LogP contribution in [0.3, 0.4) is 0 Å². The van der Waals surface area contributed by atoms with Crippen LogP contribution in [-0.2, 0) is 6.42 Å². The summed E-state index contributed by atoms with van der Waals surface area (Å²) in [7, 11) is 4.34. The van der Waals surface area contributed by atoms with Crippen molar-refractivity contribution in [3.8, 4) is 5.75 Å². The van der Waals surface area contributed by atoms with Gasteiger partial charge in [0.25, 0.3) is 0 Å². The first-order chi connectivity index (χ1) is 9.16. The summed E-state index contributed by atoms with van der Waals surface area (Å²) >= 11 is 0. The Labute approximate surface area is 115 Å². The lowest BCUT2D eigenvalue weighted by Crippen LogP contribution is -2.47. The van der Waals surface area contributed by atoms with Crippen molar-refractivity contribution < 1.29 is 4.74 Å². The van der Waals surface area contributed by atoms with Gasteiger partial charge in [-0.1, -0.05) is 18.6 Å². The van der Waals surface area contributed by atoms with E-state index in [1.807, 2.05) is 0 Å². The highest BCUT2D eigenvalue weighted by Crippen LogP contribution is 2.51. The number of rotatable bonds is 4. The van der Waals surface area contributed by atoms with Gasteiger partial charge in [0.15, 0.2) is 0 Å². The predicted molar refractivity (Wildman–Crippen MR) is 77.4 cm³/mol. The highest BCUT2D eigenvalue weighted by molar-refractivity contribution is 5.41. The van der Waals surface area contributed by atoms with Crippen molar-refractivity contribution in [2.45, 2.75) is 31.7 Å². The number of benzene rings is 1. The van der Waals surface area contributed by atoms with E-state index in [-0.39, 0.29) is 5.41 Å². The zero-order valence-corrected chi connectivity index (χ0v) is 12.0. The Bertz CT molecular complexity index is 460. The average Bonchev–Trinajstić information content (AvgIpc) is 2.80. The molecule has 0 amide bonds. The minimum atomic E-state index is 0.275. The lowest BCUT2D eigenvalue weighted by atomic mass is 9.62. The molecule has 1 saturated carbocycles. The van der Waals surface area contributed by atoms with Gasteiger partial charge in [0, 0.05) is 17.9 Å². The van der Waals surface area contributed by atoms with E-state index in [1.54, 1.807) is 0 Å². The van der Waals surface area contributed by atoms with Gasteiger partial charge in [-0.05, 0) is 50.7 Å². The first-order valence-corrected chi connectivity index (χ1v) is 7.28. The summed E-state index contributed by atoms with van der Waals surface area (Å²) < 4.78 is 5.61. The Hall–Kier alpha value is -1.06. The minimum absolute atomic E-state index is 0.275. The van der Waals surface area contributed by atoms with Crippen molar-refractivity contribution in [3.05, 3.63) is 29.3 Å². The van der Waals surface area contributed by atoms with Crippen LogP contribution in [0.25, 0.3) is 0 Å². The van der Waals surface area contributed by atoms with Crippen molar-refractivity contribution in [3.63, 3.8) is 0 Å². The maximum atomic E-state index is 6.11. The number of nitrogens with zero attached hydrogens (tertiary/aromatic N) is 1. The largest absolute Gasteiger partial charge is 0.493 e. The Morgan fingerprint density at radius 1 is 1.37 bits per heavy atom. The van der Waals surface area contributed by atoms with Crippen LogP contribution in [0.4, 0.5) is 0 Å². The molecule has 2 N–H and O–H groups in total. The van der Waals surface area contributed by atoms with E-state index in [4.69, 9.17) is 10.5 Å². The SMILES string of the molecule is CN(C)C(c1ccc2c(c1)CCO2)C1(CN)CCC1. The molecule has 3 heteroatoms. The van der Waals surface area contributed by atoms with E-state index >= 15 is 0 Å². The number of hydrogen-bond donors (Lipinski definition) is 1. The van der Waals surface area contributed by atoms with Gasteiger partial charge in [-0.2, -0.15) is 0 Å². The monoisotopic (exact) mass is 260 g/mol. The molecule has 19 heavy (non-hydrogen) atoms. The van der Waals surface area contributed by atoms with E-state index in [0.717, 1.165) is 25.3 Å². The van der Waals surface area contributed by atoms with E-state index in [2.05, 4.69) is 37.2 Å². The summed E-state index contributed by atoms with van der Waals surface area (Å²) in [4.78, 5) is 2.34. The second kappa shape index (κ2) is 4.80. The minimum Gasteiger partial charge on any atom is -0.493 e. The van der Waals surface area contributed by atoms with Crippen molar-refractivity contribution in [1.82, 2.24) is 4.90 Å². The maximum absolute atomic E-state index is 6.11. The third kappa shape index (κ3) is 2.05. The van der Waals surface area contributed by atoms with E-state index in [9.17, 15) is 0 Å². The summed E-state index contributed by atoms with van der Waals surface area (Å²) in [5, 5.41) is 0. The van der Waals surface area contributed by atoms with Crippen LogP contribution in [0, 0.1) is 5.41 Å². The molecule has 1 aromatic carbocycles. The highest BCUT2D eigenvalue weighted by Gasteiger charge is 2.44. The number of nitrogens with two attached hydrogens (primary N) is 1. The van der Waals surface area contributed by atoms with Crippen LogP contribution >= 0.6 is 0 Å². The van der Waals surface area contributed by atoms with Crippen LogP contribution in [0.15, 0.2) is 18.2 Å². The Kier molecular flexibility index (Phi) is 3.27. The lowest BCUT2D eigenvalue weighted by Gasteiger charge is -2.50. The Morgan fingerprint density at radius 3 is 2.74 bits per heavy atom. The lowest BCUT2D eigenvalue weighted by molar-refractivity contribution is 0.0281. The topological polar surface area (TPSA) is 38.5 Å². The molecule has 2 aliphatic rings. The maximum Gasteiger partial charge on any atom is 0.122 e. The van der Waals surface area contributed by atoms with Crippen LogP contribution in [0.1, 0.15) is 36.4 Å². The zero-order valence-electron chi connectivity index (χ0n) is 12.0. The molecule has 1 atom stereocenters. The number of ether oxygens (including phenoxy) is 1. The Balaban J connectivity index is 1.96. The molecule has 0 bridgehead atoms. The van der Waals surface area contributed by atoms with Gasteiger partial charge in [0.2, 0.25) is 0 Å². The van der Waals surface area contributed by atoms with Gasteiger partial charge in [0.1, 0.15) is 5.75 Å². The molecule has 1 unspecified atom stereocenters. The van der Waals surface area contributed by atoms with Crippen LogP contribution in [-0.4, -0.2) is 32.1 Å². The second-order valence-corrected chi connectivity index (χ2v) is 6.25. The predicted octanol–water partition coefficient (Wildman–Crippen LogP) is 2.35. The van der Waals surface area contributed by atoms with Crippen LogP contribution in [0.2, 0.25) is 0 Å². The van der Waals surface area contributed by atoms with Crippen LogP contribution < -0.4 is 10.5 Å². The molecule has 0 aromatic heterocycles. The molecule has 1 fully saturated rings. The smallest absolute Gasteiger partial charge is 0.122 e. The van der Waals surface area contributed by atoms with Gasteiger partial charge in [-0.3, -0.25) is 0 Å². The normalized spacial score (nSPS) is 21.7. The summed E-state index contributed by atoms with van der Waals surface area (Å²) in [5.41, 5.74) is 9.14. The molecule has 1 heterocycles. The first-order valence-electron chi connectivity index (χ1n) is 7.28. The van der Waals surface area contributed by atoms with Crippen molar-refractivity contribution in [2.75, 3.05) is 27.2 Å². The molecule has 104 valence electrons. The summed E-state index contributed by atoms with van der Waals surface area (Å²) in [6.07, 6.45) is 4.86. The molecule has 1 aliphatic heterocycles. The molecule has 0 spiro atoms.